The maximum atomic E-state index is 12.4. The van der Waals surface area contributed by atoms with Crippen molar-refractivity contribution in [2.45, 2.75) is 62.1 Å². The van der Waals surface area contributed by atoms with E-state index >= 15 is 0 Å². The summed E-state index contributed by atoms with van der Waals surface area (Å²) in [6.45, 7) is 6.06. The fraction of sp³-hybridized carbons (Fsp3) is 0.800. The van der Waals surface area contributed by atoms with Crippen molar-refractivity contribution in [3.8, 4) is 0 Å². The topological polar surface area (TPSA) is 54.9 Å². The van der Waals surface area contributed by atoms with Gasteiger partial charge in [-0.1, -0.05) is 29.5 Å². The van der Waals surface area contributed by atoms with Crippen molar-refractivity contribution in [3.05, 3.63) is 5.01 Å². The Kier molecular flexibility index (Phi) is 4.54. The Morgan fingerprint density at radius 2 is 2.14 bits per heavy atom. The molecule has 0 aromatic carbocycles. The molecule has 1 amide bonds. The summed E-state index contributed by atoms with van der Waals surface area (Å²) in [4.78, 5) is 12.4. The first-order valence-corrected chi connectivity index (χ1v) is 9.49. The largest absolute Gasteiger partial charge is 0.352 e. The summed E-state index contributed by atoms with van der Waals surface area (Å²) in [6.07, 6.45) is 5.47. The van der Waals surface area contributed by atoms with Gasteiger partial charge in [0.15, 0.2) is 4.34 Å². The quantitative estimate of drug-likeness (QED) is 0.844. The summed E-state index contributed by atoms with van der Waals surface area (Å²) in [5, 5.41) is 12.1. The molecule has 1 aromatic heterocycles. The Morgan fingerprint density at radius 1 is 1.33 bits per heavy atom. The second kappa shape index (κ2) is 6.24. The van der Waals surface area contributed by atoms with Gasteiger partial charge in [-0.15, -0.1) is 10.2 Å². The predicted molar refractivity (Wildman–Crippen MR) is 86.5 cm³/mol. The lowest BCUT2D eigenvalue weighted by Crippen LogP contribution is -2.43. The first-order valence-electron chi connectivity index (χ1n) is 7.80. The fourth-order valence-corrected chi connectivity index (χ4v) is 5.85. The molecule has 2 bridgehead atoms. The minimum Gasteiger partial charge on any atom is -0.352 e. The first-order chi connectivity index (χ1) is 10.0. The molecule has 0 radical (unpaired) electrons. The van der Waals surface area contributed by atoms with E-state index in [9.17, 15) is 4.79 Å². The number of rotatable bonds is 5. The molecule has 2 fully saturated rings. The minimum atomic E-state index is -0.113. The number of carbonyl (C=O) groups is 1. The molecule has 1 heterocycles. The van der Waals surface area contributed by atoms with Crippen LogP contribution in [0.1, 0.15) is 44.5 Å². The average molecular weight is 326 g/mol. The molecule has 0 spiro atoms. The second-order valence-corrected chi connectivity index (χ2v) is 9.25. The van der Waals surface area contributed by atoms with Gasteiger partial charge in [0.1, 0.15) is 5.01 Å². The van der Waals surface area contributed by atoms with E-state index in [0.29, 0.717) is 12.0 Å². The molecule has 116 valence electrons. The van der Waals surface area contributed by atoms with Crippen LogP contribution in [-0.4, -0.2) is 27.4 Å². The lowest BCUT2D eigenvalue weighted by Gasteiger charge is -2.29. The van der Waals surface area contributed by atoms with Gasteiger partial charge in [0.25, 0.3) is 0 Å². The maximum absolute atomic E-state index is 12.4. The smallest absolute Gasteiger partial charge is 0.233 e. The van der Waals surface area contributed by atoms with Gasteiger partial charge in [-0.05, 0) is 57.8 Å². The molecule has 0 unspecified atom stereocenters. The highest BCUT2D eigenvalue weighted by Crippen LogP contribution is 2.49. The summed E-state index contributed by atoms with van der Waals surface area (Å²) < 4.78 is 0.878. The van der Waals surface area contributed by atoms with Crippen LogP contribution in [0.15, 0.2) is 4.34 Å². The highest BCUT2D eigenvalue weighted by Gasteiger charge is 2.42. The van der Waals surface area contributed by atoms with Crippen molar-refractivity contribution >= 4 is 29.0 Å². The van der Waals surface area contributed by atoms with E-state index in [-0.39, 0.29) is 11.2 Å². The van der Waals surface area contributed by atoms with Gasteiger partial charge in [-0.3, -0.25) is 4.79 Å². The number of thioether (sulfide) groups is 1. The third-order valence-corrected chi connectivity index (χ3v) is 6.98. The normalized spacial score (nSPS) is 30.3. The van der Waals surface area contributed by atoms with E-state index < -0.39 is 0 Å². The Morgan fingerprint density at radius 3 is 2.71 bits per heavy atom. The lowest BCUT2D eigenvalue weighted by molar-refractivity contribution is -0.121. The van der Waals surface area contributed by atoms with E-state index in [2.05, 4.69) is 22.4 Å². The molecule has 4 nitrogen and oxygen atoms in total. The Bertz CT molecular complexity index is 519. The molecule has 1 aromatic rings. The summed E-state index contributed by atoms with van der Waals surface area (Å²) in [5.41, 5.74) is 0. The van der Waals surface area contributed by atoms with Crippen molar-refractivity contribution in [1.29, 1.82) is 0 Å². The Labute approximate surface area is 134 Å². The number of nitrogens with one attached hydrogen (secondary N) is 1. The van der Waals surface area contributed by atoms with E-state index in [0.717, 1.165) is 21.2 Å². The number of aryl methyl sites for hydroxylation is 1. The monoisotopic (exact) mass is 325 g/mol. The van der Waals surface area contributed by atoms with Crippen LogP contribution >= 0.6 is 23.1 Å². The van der Waals surface area contributed by atoms with E-state index in [1.165, 1.54) is 37.4 Å². The van der Waals surface area contributed by atoms with Gasteiger partial charge in [0, 0.05) is 6.04 Å². The molecule has 5 atom stereocenters. The summed E-state index contributed by atoms with van der Waals surface area (Å²) in [7, 11) is 0. The van der Waals surface area contributed by atoms with Gasteiger partial charge in [0.05, 0.1) is 5.25 Å². The molecule has 1 N–H and O–H groups in total. The van der Waals surface area contributed by atoms with Crippen LogP contribution in [-0.2, 0) is 4.79 Å². The number of hydrogen-bond acceptors (Lipinski definition) is 5. The van der Waals surface area contributed by atoms with E-state index in [1.807, 2.05) is 13.8 Å². The third-order valence-electron chi connectivity index (χ3n) is 4.96. The second-order valence-electron chi connectivity index (χ2n) is 6.48. The maximum Gasteiger partial charge on any atom is 0.233 e. The lowest BCUT2D eigenvalue weighted by atomic mass is 9.84. The summed E-state index contributed by atoms with van der Waals surface area (Å²) in [5.74, 6) is 2.59. The molecular weight excluding hydrogens is 302 g/mol. The molecule has 6 heteroatoms. The highest BCUT2D eigenvalue weighted by atomic mass is 32.2. The van der Waals surface area contributed by atoms with Crippen molar-refractivity contribution in [3.63, 3.8) is 0 Å². The molecule has 2 aliphatic carbocycles. The first kappa shape index (κ1) is 15.3. The van der Waals surface area contributed by atoms with Crippen molar-refractivity contribution in [2.75, 3.05) is 0 Å². The van der Waals surface area contributed by atoms with Gasteiger partial charge in [0.2, 0.25) is 5.91 Å². The third kappa shape index (κ3) is 3.42. The highest BCUT2D eigenvalue weighted by molar-refractivity contribution is 8.02. The number of nitrogens with zero attached hydrogens (tertiary/aromatic N) is 2. The number of hydrogen-bond donors (Lipinski definition) is 1. The number of aromatic nitrogens is 2. The van der Waals surface area contributed by atoms with Crippen molar-refractivity contribution in [1.82, 2.24) is 15.5 Å². The van der Waals surface area contributed by atoms with Crippen LogP contribution in [0.3, 0.4) is 0 Å². The Balaban J connectivity index is 1.51. The van der Waals surface area contributed by atoms with Crippen LogP contribution in [0.25, 0.3) is 0 Å². The number of carbonyl (C=O) groups excluding carboxylic acids is 1. The molecule has 2 saturated carbocycles. The van der Waals surface area contributed by atoms with Gasteiger partial charge < -0.3 is 5.32 Å². The van der Waals surface area contributed by atoms with Gasteiger partial charge in [-0.25, -0.2) is 0 Å². The van der Waals surface area contributed by atoms with Crippen LogP contribution in [0.4, 0.5) is 0 Å². The molecule has 0 aliphatic heterocycles. The summed E-state index contributed by atoms with van der Waals surface area (Å²) >= 11 is 3.05. The Hall–Kier alpha value is -0.620. The van der Waals surface area contributed by atoms with Crippen LogP contribution in [0.2, 0.25) is 0 Å². The molecule has 2 aliphatic rings. The number of fused-ring (bicyclic) bond motifs is 2. The van der Waals surface area contributed by atoms with Crippen LogP contribution in [0.5, 0.6) is 0 Å². The molecule has 3 rings (SSSR count). The number of amides is 1. The van der Waals surface area contributed by atoms with Gasteiger partial charge in [-0.2, -0.15) is 0 Å². The molecule has 21 heavy (non-hydrogen) atoms. The SMILES string of the molecule is Cc1nnc(S[C@H](C)C(=O)N[C@@H](C)[C@@H]2C[C@H]3CC[C@H]2C3)s1. The minimum absolute atomic E-state index is 0.113. The van der Waals surface area contributed by atoms with E-state index in [1.54, 1.807) is 11.3 Å². The zero-order valence-electron chi connectivity index (χ0n) is 12.8. The zero-order chi connectivity index (χ0) is 15.0. The fourth-order valence-electron chi connectivity index (χ4n) is 3.89. The van der Waals surface area contributed by atoms with Crippen LogP contribution in [0, 0.1) is 24.7 Å². The van der Waals surface area contributed by atoms with Crippen molar-refractivity contribution < 1.29 is 4.79 Å². The zero-order valence-corrected chi connectivity index (χ0v) is 14.5. The summed E-state index contributed by atoms with van der Waals surface area (Å²) in [6, 6.07) is 0.298. The average Bonchev–Trinajstić information content (AvgIpc) is 3.15. The standard InChI is InChI=1S/C15H23N3OS2/c1-8(13-7-11-4-5-12(13)6-11)16-14(19)9(2)20-15-18-17-10(3)21-15/h8-9,11-13H,4-7H2,1-3H3,(H,16,19)/t8-,9+,11-,12-,13-/m0/s1. The molecule has 0 saturated heterocycles. The van der Waals surface area contributed by atoms with Gasteiger partial charge >= 0.3 is 0 Å². The molecular formula is C15H23N3OS2. The van der Waals surface area contributed by atoms with Crippen molar-refractivity contribution in [2.24, 2.45) is 17.8 Å². The van der Waals surface area contributed by atoms with E-state index in [4.69, 9.17) is 0 Å². The van der Waals surface area contributed by atoms with Crippen LogP contribution < -0.4 is 5.32 Å². The predicted octanol–water partition coefficient (Wildman–Crippen LogP) is 3.27.